The Kier molecular flexibility index (Phi) is 6.67. The molecule has 1 saturated heterocycles. The Morgan fingerprint density at radius 2 is 2.00 bits per heavy atom. The molecule has 1 fully saturated rings. The third-order valence-corrected chi connectivity index (χ3v) is 5.48. The predicted molar refractivity (Wildman–Crippen MR) is 108 cm³/mol. The number of rotatable bonds is 7. The maximum absolute atomic E-state index is 12.2. The normalized spacial score (nSPS) is 15.9. The molecule has 0 spiro atoms. The van der Waals surface area contributed by atoms with Gasteiger partial charge in [-0.05, 0) is 56.0 Å². The lowest BCUT2D eigenvalue weighted by atomic mass is 9.95. The molecule has 0 bridgehead atoms. The number of unbranched alkanes of at least 4 members (excludes halogenated alkanes) is 1. The molecule has 0 atom stereocenters. The summed E-state index contributed by atoms with van der Waals surface area (Å²) in [7, 11) is 0. The van der Waals surface area contributed by atoms with E-state index in [2.05, 4.69) is 36.2 Å². The summed E-state index contributed by atoms with van der Waals surface area (Å²) in [6.07, 6.45) is 4.79. The topological polar surface area (TPSA) is 62.6 Å². The lowest BCUT2D eigenvalue weighted by Crippen LogP contribution is -2.40. The molecule has 2 aromatic rings. The number of fused-ring (bicyclic) bond motifs is 1. The van der Waals surface area contributed by atoms with Gasteiger partial charge in [-0.3, -0.25) is 9.69 Å². The molecule has 1 N–H and O–H groups in total. The second-order valence-corrected chi connectivity index (χ2v) is 7.47. The standard InChI is InChI=1S/C22H30N2O3/c1-3-5-10-23-22(26)17-8-11-24(12-9-17)15-18-14-21(25)27-20-13-16(4-2)6-7-19(18)20/h6-7,13-14,17H,3-5,8-12,15H2,1-2H3,(H,23,26). The van der Waals surface area contributed by atoms with Crippen molar-refractivity contribution in [3.05, 3.63) is 45.8 Å². The number of aryl methyl sites for hydroxylation is 1. The van der Waals surface area contributed by atoms with Crippen LogP contribution in [0.5, 0.6) is 0 Å². The van der Waals surface area contributed by atoms with E-state index in [1.54, 1.807) is 6.07 Å². The van der Waals surface area contributed by atoms with E-state index in [-0.39, 0.29) is 17.5 Å². The van der Waals surface area contributed by atoms with Crippen LogP contribution in [-0.4, -0.2) is 30.4 Å². The van der Waals surface area contributed by atoms with Gasteiger partial charge in [0.05, 0.1) is 0 Å². The molecular formula is C22H30N2O3. The number of carbonyl (C=O) groups excluding carboxylic acids is 1. The van der Waals surface area contributed by atoms with Crippen molar-refractivity contribution in [2.75, 3.05) is 19.6 Å². The van der Waals surface area contributed by atoms with Crippen molar-refractivity contribution in [1.29, 1.82) is 0 Å². The summed E-state index contributed by atoms with van der Waals surface area (Å²) in [5.74, 6) is 0.309. The molecule has 5 heteroatoms. The quantitative estimate of drug-likeness (QED) is 0.599. The number of nitrogens with zero attached hydrogens (tertiary/aromatic N) is 1. The smallest absolute Gasteiger partial charge is 0.336 e. The van der Waals surface area contributed by atoms with Crippen molar-refractivity contribution in [3.8, 4) is 0 Å². The average Bonchev–Trinajstić information content (AvgIpc) is 2.68. The van der Waals surface area contributed by atoms with E-state index in [0.29, 0.717) is 5.58 Å². The van der Waals surface area contributed by atoms with Crippen molar-refractivity contribution in [1.82, 2.24) is 10.2 Å². The van der Waals surface area contributed by atoms with Crippen LogP contribution in [0.3, 0.4) is 0 Å². The SMILES string of the molecule is CCCCNC(=O)C1CCN(Cc2cc(=O)oc3cc(CC)ccc23)CC1. The zero-order chi connectivity index (χ0) is 19.2. The largest absolute Gasteiger partial charge is 0.423 e. The van der Waals surface area contributed by atoms with Gasteiger partial charge in [0.15, 0.2) is 0 Å². The average molecular weight is 370 g/mol. The first kappa shape index (κ1) is 19.6. The van der Waals surface area contributed by atoms with Crippen molar-refractivity contribution < 1.29 is 9.21 Å². The number of amides is 1. The highest BCUT2D eigenvalue weighted by molar-refractivity contribution is 5.81. The van der Waals surface area contributed by atoms with E-state index in [9.17, 15) is 9.59 Å². The first-order valence-corrected chi connectivity index (χ1v) is 10.2. The first-order chi connectivity index (χ1) is 13.1. The lowest BCUT2D eigenvalue weighted by molar-refractivity contribution is -0.126. The van der Waals surface area contributed by atoms with Crippen LogP contribution in [-0.2, 0) is 17.8 Å². The fraction of sp³-hybridized carbons (Fsp3) is 0.545. The van der Waals surface area contributed by atoms with Gasteiger partial charge in [-0.2, -0.15) is 0 Å². The van der Waals surface area contributed by atoms with Crippen LogP contribution in [0, 0.1) is 5.92 Å². The molecule has 1 aliphatic heterocycles. The highest BCUT2D eigenvalue weighted by atomic mass is 16.4. The van der Waals surface area contributed by atoms with Gasteiger partial charge >= 0.3 is 5.63 Å². The minimum Gasteiger partial charge on any atom is -0.423 e. The highest BCUT2D eigenvalue weighted by Gasteiger charge is 2.25. The summed E-state index contributed by atoms with van der Waals surface area (Å²) in [5, 5.41) is 4.05. The van der Waals surface area contributed by atoms with Gasteiger partial charge < -0.3 is 9.73 Å². The van der Waals surface area contributed by atoms with E-state index in [0.717, 1.165) is 74.8 Å². The van der Waals surface area contributed by atoms with Crippen LogP contribution in [0.2, 0.25) is 0 Å². The van der Waals surface area contributed by atoms with Crippen LogP contribution >= 0.6 is 0 Å². The number of likely N-dealkylation sites (tertiary alicyclic amines) is 1. The number of hydrogen-bond donors (Lipinski definition) is 1. The maximum atomic E-state index is 12.2. The third-order valence-electron chi connectivity index (χ3n) is 5.48. The Labute approximate surface area is 160 Å². The summed E-state index contributed by atoms with van der Waals surface area (Å²) in [6.45, 7) is 7.47. The van der Waals surface area contributed by atoms with Crippen LogP contribution < -0.4 is 10.9 Å². The molecule has 0 radical (unpaired) electrons. The second-order valence-electron chi connectivity index (χ2n) is 7.47. The Balaban J connectivity index is 1.64. The molecule has 1 aromatic heterocycles. The van der Waals surface area contributed by atoms with Gasteiger partial charge in [-0.1, -0.05) is 32.4 Å². The number of piperidine rings is 1. The molecule has 1 amide bonds. The number of nitrogens with one attached hydrogen (secondary N) is 1. The Hall–Kier alpha value is -2.14. The summed E-state index contributed by atoms with van der Waals surface area (Å²) in [5.41, 5.74) is 2.55. The maximum Gasteiger partial charge on any atom is 0.336 e. The molecule has 146 valence electrons. The van der Waals surface area contributed by atoms with E-state index in [1.807, 2.05) is 6.07 Å². The van der Waals surface area contributed by atoms with E-state index in [1.165, 1.54) is 0 Å². The van der Waals surface area contributed by atoms with Gasteiger partial charge in [0, 0.05) is 30.5 Å². The number of carbonyl (C=O) groups is 1. The second kappa shape index (κ2) is 9.18. The fourth-order valence-corrected chi connectivity index (χ4v) is 3.75. The first-order valence-electron chi connectivity index (χ1n) is 10.2. The van der Waals surface area contributed by atoms with Crippen LogP contribution in [0.1, 0.15) is 50.7 Å². The van der Waals surface area contributed by atoms with E-state index >= 15 is 0 Å². The van der Waals surface area contributed by atoms with Crippen LogP contribution in [0.15, 0.2) is 33.5 Å². The molecule has 3 rings (SSSR count). The Morgan fingerprint density at radius 3 is 2.70 bits per heavy atom. The molecule has 27 heavy (non-hydrogen) atoms. The zero-order valence-corrected chi connectivity index (χ0v) is 16.4. The van der Waals surface area contributed by atoms with Crippen molar-refractivity contribution in [3.63, 3.8) is 0 Å². The number of benzene rings is 1. The summed E-state index contributed by atoms with van der Waals surface area (Å²) in [4.78, 5) is 26.5. The fourth-order valence-electron chi connectivity index (χ4n) is 3.75. The number of hydrogen-bond acceptors (Lipinski definition) is 4. The third kappa shape index (κ3) is 4.98. The van der Waals surface area contributed by atoms with Gasteiger partial charge in [0.2, 0.25) is 5.91 Å². The van der Waals surface area contributed by atoms with Crippen LogP contribution in [0.4, 0.5) is 0 Å². The molecule has 2 heterocycles. The minimum atomic E-state index is -0.295. The molecule has 1 aliphatic rings. The van der Waals surface area contributed by atoms with Crippen LogP contribution in [0.25, 0.3) is 11.0 Å². The molecule has 0 saturated carbocycles. The molecule has 5 nitrogen and oxygen atoms in total. The molecule has 0 aliphatic carbocycles. The van der Waals surface area contributed by atoms with E-state index in [4.69, 9.17) is 4.42 Å². The van der Waals surface area contributed by atoms with Crippen molar-refractivity contribution in [2.45, 2.75) is 52.5 Å². The summed E-state index contributed by atoms with van der Waals surface area (Å²) < 4.78 is 5.40. The van der Waals surface area contributed by atoms with E-state index < -0.39 is 0 Å². The van der Waals surface area contributed by atoms with Gasteiger partial charge in [-0.25, -0.2) is 4.79 Å². The Bertz CT molecular complexity index is 835. The highest BCUT2D eigenvalue weighted by Crippen LogP contribution is 2.23. The van der Waals surface area contributed by atoms with Gasteiger partial charge in [0.1, 0.15) is 5.58 Å². The molecular weight excluding hydrogens is 340 g/mol. The van der Waals surface area contributed by atoms with Crippen molar-refractivity contribution in [2.24, 2.45) is 5.92 Å². The summed E-state index contributed by atoms with van der Waals surface area (Å²) >= 11 is 0. The molecule has 0 unspecified atom stereocenters. The van der Waals surface area contributed by atoms with Gasteiger partial charge in [-0.15, -0.1) is 0 Å². The lowest BCUT2D eigenvalue weighted by Gasteiger charge is -2.31. The monoisotopic (exact) mass is 370 g/mol. The van der Waals surface area contributed by atoms with Gasteiger partial charge in [0.25, 0.3) is 0 Å². The zero-order valence-electron chi connectivity index (χ0n) is 16.4. The summed E-state index contributed by atoms with van der Waals surface area (Å²) in [6, 6.07) is 7.73. The minimum absolute atomic E-state index is 0.114. The Morgan fingerprint density at radius 1 is 1.22 bits per heavy atom. The molecule has 1 aromatic carbocycles. The van der Waals surface area contributed by atoms with Crippen molar-refractivity contribution >= 4 is 16.9 Å². The predicted octanol–water partition coefficient (Wildman–Crippen LogP) is 3.48.